The zero-order chi connectivity index (χ0) is 17.9. The molecule has 0 bridgehead atoms. The van der Waals surface area contributed by atoms with E-state index in [1.165, 1.54) is 11.3 Å². The number of anilines is 1. The lowest BCUT2D eigenvalue weighted by Gasteiger charge is -2.11. The van der Waals surface area contributed by atoms with E-state index in [1.54, 1.807) is 6.20 Å². The second-order valence-electron chi connectivity index (χ2n) is 6.16. The van der Waals surface area contributed by atoms with Crippen molar-refractivity contribution in [3.05, 3.63) is 54.0 Å². The molecule has 0 amide bonds. The Bertz CT molecular complexity index is 1010. The topological polar surface area (TPSA) is 105 Å². The standard InChI is InChI=1S/C18H19N7S/c1-11-15-8-12(5-6-16(15)23-22-11)17-24-25-18(26-17)21-10-13(19)9-14-4-2-3-7-20-14/h2-8,13H,9-10,19H2,1H3,(H,21,25)(H,22,23). The second-order valence-corrected chi connectivity index (χ2v) is 7.14. The molecule has 0 saturated heterocycles. The van der Waals surface area contributed by atoms with Crippen LogP contribution in [0.25, 0.3) is 21.5 Å². The molecule has 0 aliphatic rings. The Kier molecular flexibility index (Phi) is 4.59. The molecule has 4 N–H and O–H groups in total. The smallest absolute Gasteiger partial charge is 0.206 e. The van der Waals surface area contributed by atoms with Gasteiger partial charge in [0.2, 0.25) is 5.13 Å². The summed E-state index contributed by atoms with van der Waals surface area (Å²) in [6.07, 6.45) is 2.50. The van der Waals surface area contributed by atoms with Crippen molar-refractivity contribution in [3.8, 4) is 10.6 Å². The number of fused-ring (bicyclic) bond motifs is 1. The van der Waals surface area contributed by atoms with Crippen molar-refractivity contribution in [2.24, 2.45) is 5.73 Å². The van der Waals surface area contributed by atoms with Crippen LogP contribution in [0.15, 0.2) is 42.6 Å². The molecule has 3 aromatic heterocycles. The fourth-order valence-corrected chi connectivity index (χ4v) is 3.51. The Morgan fingerprint density at radius 1 is 1.23 bits per heavy atom. The molecule has 4 rings (SSSR count). The molecule has 1 unspecified atom stereocenters. The SMILES string of the molecule is Cc1[nH]nc2ccc(-c3nnc(NCC(N)Cc4ccccn4)s3)cc12. The number of nitrogens with two attached hydrogens (primary N) is 1. The van der Waals surface area contributed by atoms with Gasteiger partial charge in [0.1, 0.15) is 5.01 Å². The van der Waals surface area contributed by atoms with Gasteiger partial charge in [0.25, 0.3) is 0 Å². The number of rotatable bonds is 6. The van der Waals surface area contributed by atoms with E-state index in [4.69, 9.17) is 5.73 Å². The number of aromatic nitrogens is 5. The van der Waals surface area contributed by atoms with Crippen molar-refractivity contribution < 1.29 is 0 Å². The molecule has 0 saturated carbocycles. The molecule has 0 aliphatic carbocycles. The van der Waals surface area contributed by atoms with Crippen molar-refractivity contribution in [2.45, 2.75) is 19.4 Å². The van der Waals surface area contributed by atoms with E-state index in [0.29, 0.717) is 6.54 Å². The molecule has 1 atom stereocenters. The van der Waals surface area contributed by atoms with Gasteiger partial charge in [-0.15, -0.1) is 10.2 Å². The van der Waals surface area contributed by atoms with Crippen molar-refractivity contribution in [1.82, 2.24) is 25.4 Å². The van der Waals surface area contributed by atoms with Gasteiger partial charge in [-0.25, -0.2) is 0 Å². The first-order valence-corrected chi connectivity index (χ1v) is 9.18. The van der Waals surface area contributed by atoms with Crippen LogP contribution in [0.4, 0.5) is 5.13 Å². The minimum atomic E-state index is -0.0396. The van der Waals surface area contributed by atoms with Gasteiger partial charge in [0.05, 0.1) is 5.52 Å². The number of H-pyrrole nitrogens is 1. The summed E-state index contributed by atoms with van der Waals surface area (Å²) >= 11 is 1.52. The lowest BCUT2D eigenvalue weighted by Crippen LogP contribution is -2.31. The van der Waals surface area contributed by atoms with Crippen LogP contribution in [-0.4, -0.2) is 38.0 Å². The average molecular weight is 365 g/mol. The van der Waals surface area contributed by atoms with Crippen LogP contribution >= 0.6 is 11.3 Å². The molecule has 26 heavy (non-hydrogen) atoms. The lowest BCUT2D eigenvalue weighted by atomic mass is 10.1. The van der Waals surface area contributed by atoms with Gasteiger partial charge in [-0.1, -0.05) is 17.4 Å². The van der Waals surface area contributed by atoms with E-state index in [1.807, 2.05) is 37.3 Å². The highest BCUT2D eigenvalue weighted by Gasteiger charge is 2.11. The molecule has 0 radical (unpaired) electrons. The molecular formula is C18H19N7S. The maximum Gasteiger partial charge on any atom is 0.206 e. The molecule has 8 heteroatoms. The van der Waals surface area contributed by atoms with E-state index in [9.17, 15) is 0 Å². The third-order valence-corrected chi connectivity index (χ3v) is 5.06. The normalized spacial score (nSPS) is 12.4. The maximum absolute atomic E-state index is 6.18. The Morgan fingerprint density at radius 3 is 3.00 bits per heavy atom. The van der Waals surface area contributed by atoms with Crippen LogP contribution < -0.4 is 11.1 Å². The highest BCUT2D eigenvalue weighted by molar-refractivity contribution is 7.18. The van der Waals surface area contributed by atoms with Crippen LogP contribution in [-0.2, 0) is 6.42 Å². The van der Waals surface area contributed by atoms with Crippen molar-refractivity contribution >= 4 is 27.4 Å². The number of aryl methyl sites for hydroxylation is 1. The van der Waals surface area contributed by atoms with Gasteiger partial charge >= 0.3 is 0 Å². The fraction of sp³-hybridized carbons (Fsp3) is 0.222. The highest BCUT2D eigenvalue weighted by Crippen LogP contribution is 2.29. The quantitative estimate of drug-likeness (QED) is 0.485. The number of nitrogens with zero attached hydrogens (tertiary/aromatic N) is 4. The average Bonchev–Trinajstić information content (AvgIpc) is 3.28. The second kappa shape index (κ2) is 7.19. The van der Waals surface area contributed by atoms with E-state index in [2.05, 4.69) is 36.8 Å². The number of aromatic amines is 1. The zero-order valence-corrected chi connectivity index (χ0v) is 15.1. The predicted molar refractivity (Wildman–Crippen MR) is 104 cm³/mol. The fourth-order valence-electron chi connectivity index (χ4n) is 2.76. The zero-order valence-electron chi connectivity index (χ0n) is 14.3. The van der Waals surface area contributed by atoms with Crippen LogP contribution in [0, 0.1) is 6.92 Å². The van der Waals surface area contributed by atoms with Crippen LogP contribution in [0.2, 0.25) is 0 Å². The first-order valence-electron chi connectivity index (χ1n) is 8.37. The van der Waals surface area contributed by atoms with Crippen molar-refractivity contribution in [3.63, 3.8) is 0 Å². The van der Waals surface area contributed by atoms with Gasteiger partial charge in [-0.2, -0.15) is 5.10 Å². The molecule has 3 heterocycles. The largest absolute Gasteiger partial charge is 0.359 e. The number of pyridine rings is 1. The van der Waals surface area contributed by atoms with Crippen molar-refractivity contribution in [2.75, 3.05) is 11.9 Å². The maximum atomic E-state index is 6.18. The highest BCUT2D eigenvalue weighted by atomic mass is 32.1. The molecule has 0 aliphatic heterocycles. The Balaban J connectivity index is 1.41. The van der Waals surface area contributed by atoms with Gasteiger partial charge in [0.15, 0.2) is 0 Å². The summed E-state index contributed by atoms with van der Waals surface area (Å²) in [4.78, 5) is 4.30. The summed E-state index contributed by atoms with van der Waals surface area (Å²) in [5.74, 6) is 0. The lowest BCUT2D eigenvalue weighted by molar-refractivity contribution is 0.686. The Morgan fingerprint density at radius 2 is 2.15 bits per heavy atom. The minimum absolute atomic E-state index is 0.0396. The molecule has 1 aromatic carbocycles. The number of hydrogen-bond donors (Lipinski definition) is 3. The van der Waals surface area contributed by atoms with E-state index >= 15 is 0 Å². The van der Waals surface area contributed by atoms with E-state index < -0.39 is 0 Å². The summed E-state index contributed by atoms with van der Waals surface area (Å²) in [7, 11) is 0. The third-order valence-electron chi connectivity index (χ3n) is 4.13. The van der Waals surface area contributed by atoms with Crippen LogP contribution in [0.3, 0.4) is 0 Å². The van der Waals surface area contributed by atoms with Crippen molar-refractivity contribution in [1.29, 1.82) is 0 Å². The number of benzene rings is 1. The van der Waals surface area contributed by atoms with Gasteiger partial charge < -0.3 is 11.1 Å². The number of nitrogens with one attached hydrogen (secondary N) is 2. The predicted octanol–water partition coefficient (Wildman–Crippen LogP) is 2.77. The minimum Gasteiger partial charge on any atom is -0.359 e. The Labute approximate surface area is 154 Å². The summed E-state index contributed by atoms with van der Waals surface area (Å²) in [6, 6.07) is 11.9. The van der Waals surface area contributed by atoms with Gasteiger partial charge in [-0.05, 0) is 37.3 Å². The first kappa shape index (κ1) is 16.6. The molecule has 4 aromatic rings. The summed E-state index contributed by atoms with van der Waals surface area (Å²) in [5.41, 5.74) is 10.2. The third kappa shape index (κ3) is 3.56. The van der Waals surface area contributed by atoms with Gasteiger partial charge in [0, 0.05) is 47.5 Å². The van der Waals surface area contributed by atoms with Crippen LogP contribution in [0.1, 0.15) is 11.4 Å². The summed E-state index contributed by atoms with van der Waals surface area (Å²) in [5, 5.41) is 21.8. The monoisotopic (exact) mass is 365 g/mol. The molecule has 7 nitrogen and oxygen atoms in total. The first-order chi connectivity index (χ1) is 12.7. The molecule has 132 valence electrons. The summed E-state index contributed by atoms with van der Waals surface area (Å²) in [6.45, 7) is 2.63. The molecule has 0 fully saturated rings. The molecule has 0 spiro atoms. The van der Waals surface area contributed by atoms with E-state index in [0.717, 1.165) is 44.4 Å². The molecular weight excluding hydrogens is 346 g/mol. The van der Waals surface area contributed by atoms with Gasteiger partial charge in [-0.3, -0.25) is 10.1 Å². The van der Waals surface area contributed by atoms with E-state index in [-0.39, 0.29) is 6.04 Å². The number of hydrogen-bond acceptors (Lipinski definition) is 7. The van der Waals surface area contributed by atoms with Crippen LogP contribution in [0.5, 0.6) is 0 Å². The summed E-state index contributed by atoms with van der Waals surface area (Å²) < 4.78 is 0. The Hall–Kier alpha value is -2.84.